The zero-order valence-electron chi connectivity index (χ0n) is 12.2. The van der Waals surface area contributed by atoms with Crippen LogP contribution in [0.25, 0.3) is 0 Å². The smallest absolute Gasteiger partial charge is 0.236 e. The lowest BCUT2D eigenvalue weighted by atomic mass is 9.95. The van der Waals surface area contributed by atoms with E-state index in [-0.39, 0.29) is 11.3 Å². The number of nitrogens with two attached hydrogens (primary N) is 1. The van der Waals surface area contributed by atoms with Crippen LogP contribution >= 0.6 is 15.9 Å². The van der Waals surface area contributed by atoms with E-state index in [0.717, 1.165) is 23.7 Å². The largest absolute Gasteiger partial charge is 0.354 e. The predicted molar refractivity (Wildman–Crippen MR) is 85.5 cm³/mol. The van der Waals surface area contributed by atoms with E-state index >= 15 is 0 Å². The number of nitrogens with one attached hydrogen (secondary N) is 1. The molecular weight excluding hydrogens is 316 g/mol. The van der Waals surface area contributed by atoms with Crippen molar-refractivity contribution < 1.29 is 4.79 Å². The van der Waals surface area contributed by atoms with E-state index < -0.39 is 6.04 Å². The quantitative estimate of drug-likeness (QED) is 0.837. The number of rotatable bonds is 6. The van der Waals surface area contributed by atoms with Crippen LogP contribution in [0.5, 0.6) is 0 Å². The highest BCUT2D eigenvalue weighted by molar-refractivity contribution is 9.10. The number of amides is 1. The Bertz CT molecular complexity index is 483. The third kappa shape index (κ3) is 3.61. The van der Waals surface area contributed by atoms with Gasteiger partial charge < -0.3 is 11.1 Å². The topological polar surface area (TPSA) is 55.1 Å². The normalized spacial score (nSPS) is 17.9. The summed E-state index contributed by atoms with van der Waals surface area (Å²) >= 11 is 3.60. The van der Waals surface area contributed by atoms with Crippen LogP contribution in [0, 0.1) is 5.92 Å². The summed E-state index contributed by atoms with van der Waals surface area (Å²) in [5, 5.41) is 3.03. The first kappa shape index (κ1) is 15.5. The Morgan fingerprint density at radius 2 is 2.05 bits per heavy atom. The van der Waals surface area contributed by atoms with E-state index in [4.69, 9.17) is 5.73 Å². The standard InChI is InChI=1S/C16H23BrN2O/c1-11(2)9-14(18)15(20)19-10-16(7-8-16)12-5-3-4-6-13(12)17/h3-6,11,14H,7-10,18H2,1-2H3,(H,19,20)/t14-/m0/s1. The lowest BCUT2D eigenvalue weighted by Gasteiger charge is -2.20. The van der Waals surface area contributed by atoms with Crippen molar-refractivity contribution in [3.05, 3.63) is 34.3 Å². The summed E-state index contributed by atoms with van der Waals surface area (Å²) in [6.45, 7) is 4.84. The van der Waals surface area contributed by atoms with Crippen LogP contribution in [0.3, 0.4) is 0 Å². The lowest BCUT2D eigenvalue weighted by Crippen LogP contribution is -2.44. The molecule has 20 heavy (non-hydrogen) atoms. The highest BCUT2D eigenvalue weighted by Gasteiger charge is 2.45. The molecule has 0 radical (unpaired) electrons. The molecule has 3 nitrogen and oxygen atoms in total. The predicted octanol–water partition coefficient (Wildman–Crippen LogP) is 2.97. The third-order valence-corrected chi connectivity index (χ3v) is 4.65. The first-order valence-corrected chi connectivity index (χ1v) is 8.02. The SMILES string of the molecule is CC(C)C[C@H](N)C(=O)NCC1(c2ccccc2Br)CC1. The Morgan fingerprint density at radius 3 is 2.60 bits per heavy atom. The first-order valence-electron chi connectivity index (χ1n) is 7.23. The summed E-state index contributed by atoms with van der Waals surface area (Å²) in [5.41, 5.74) is 7.31. The molecule has 1 aromatic carbocycles. The molecule has 1 fully saturated rings. The van der Waals surface area contributed by atoms with Crippen LogP contribution in [-0.2, 0) is 10.2 Å². The molecule has 0 aliphatic heterocycles. The Labute approximate surface area is 129 Å². The van der Waals surface area contributed by atoms with Gasteiger partial charge in [-0.2, -0.15) is 0 Å². The van der Waals surface area contributed by atoms with Crippen molar-refractivity contribution in [3.63, 3.8) is 0 Å². The van der Waals surface area contributed by atoms with Gasteiger partial charge in [0.2, 0.25) is 5.91 Å². The molecule has 0 bridgehead atoms. The van der Waals surface area contributed by atoms with E-state index in [1.807, 2.05) is 12.1 Å². The summed E-state index contributed by atoms with van der Waals surface area (Å²) in [4.78, 5) is 12.0. The van der Waals surface area contributed by atoms with Crippen LogP contribution in [0.15, 0.2) is 28.7 Å². The molecule has 1 aliphatic rings. The fourth-order valence-corrected chi connectivity index (χ4v) is 3.29. The molecule has 0 saturated heterocycles. The minimum absolute atomic E-state index is 0.0305. The second kappa shape index (κ2) is 6.27. The minimum atomic E-state index is -0.398. The molecule has 4 heteroatoms. The second-order valence-corrected chi connectivity index (χ2v) is 7.07. The van der Waals surface area contributed by atoms with Gasteiger partial charge in [0.25, 0.3) is 0 Å². The van der Waals surface area contributed by atoms with Gasteiger partial charge >= 0.3 is 0 Å². The molecule has 0 heterocycles. The Balaban J connectivity index is 1.94. The van der Waals surface area contributed by atoms with Crippen molar-refractivity contribution in [2.24, 2.45) is 11.7 Å². The third-order valence-electron chi connectivity index (χ3n) is 3.96. The van der Waals surface area contributed by atoms with E-state index in [9.17, 15) is 4.79 Å². The molecule has 1 amide bonds. The van der Waals surface area contributed by atoms with Gasteiger partial charge in [-0.1, -0.05) is 48.0 Å². The van der Waals surface area contributed by atoms with Gasteiger partial charge in [0, 0.05) is 16.4 Å². The Hall–Kier alpha value is -0.870. The van der Waals surface area contributed by atoms with Gasteiger partial charge in [0.05, 0.1) is 6.04 Å². The fraction of sp³-hybridized carbons (Fsp3) is 0.562. The van der Waals surface area contributed by atoms with Gasteiger partial charge in [-0.25, -0.2) is 0 Å². The molecule has 1 aliphatic carbocycles. The molecule has 2 rings (SSSR count). The van der Waals surface area contributed by atoms with E-state index in [0.29, 0.717) is 12.5 Å². The molecule has 1 aromatic rings. The Kier molecular flexibility index (Phi) is 4.86. The van der Waals surface area contributed by atoms with Crippen LogP contribution in [0.2, 0.25) is 0 Å². The molecule has 3 N–H and O–H groups in total. The second-order valence-electron chi connectivity index (χ2n) is 6.21. The number of carbonyl (C=O) groups excluding carboxylic acids is 1. The molecule has 0 unspecified atom stereocenters. The van der Waals surface area contributed by atoms with Crippen molar-refractivity contribution in [3.8, 4) is 0 Å². The van der Waals surface area contributed by atoms with Crippen LogP contribution < -0.4 is 11.1 Å². The van der Waals surface area contributed by atoms with Crippen LogP contribution in [0.4, 0.5) is 0 Å². The zero-order chi connectivity index (χ0) is 14.8. The fourth-order valence-electron chi connectivity index (χ4n) is 2.59. The average Bonchev–Trinajstić information content (AvgIpc) is 3.16. The van der Waals surface area contributed by atoms with E-state index in [1.165, 1.54) is 5.56 Å². The van der Waals surface area contributed by atoms with Crippen LogP contribution in [0.1, 0.15) is 38.7 Å². The van der Waals surface area contributed by atoms with Crippen molar-refractivity contribution in [2.75, 3.05) is 6.54 Å². The van der Waals surface area contributed by atoms with Gasteiger partial charge in [-0.15, -0.1) is 0 Å². The average molecular weight is 339 g/mol. The number of hydrogen-bond acceptors (Lipinski definition) is 2. The summed E-state index contributed by atoms with van der Waals surface area (Å²) in [7, 11) is 0. The number of halogens is 1. The molecule has 0 aromatic heterocycles. The van der Waals surface area contributed by atoms with Gasteiger partial charge in [-0.05, 0) is 36.8 Å². The summed E-state index contributed by atoms with van der Waals surface area (Å²) < 4.78 is 1.12. The highest BCUT2D eigenvalue weighted by atomic mass is 79.9. The summed E-state index contributed by atoms with van der Waals surface area (Å²) in [6, 6.07) is 7.86. The Morgan fingerprint density at radius 1 is 1.40 bits per heavy atom. The molecular formula is C16H23BrN2O. The first-order chi connectivity index (χ1) is 9.44. The van der Waals surface area contributed by atoms with Crippen molar-refractivity contribution in [1.82, 2.24) is 5.32 Å². The lowest BCUT2D eigenvalue weighted by molar-refractivity contribution is -0.122. The molecule has 110 valence electrons. The number of hydrogen-bond donors (Lipinski definition) is 2. The van der Waals surface area contributed by atoms with Crippen molar-refractivity contribution in [1.29, 1.82) is 0 Å². The van der Waals surface area contributed by atoms with Gasteiger partial charge in [-0.3, -0.25) is 4.79 Å². The summed E-state index contributed by atoms with van der Waals surface area (Å²) in [5.74, 6) is 0.408. The van der Waals surface area contributed by atoms with Crippen molar-refractivity contribution in [2.45, 2.75) is 44.6 Å². The molecule has 1 saturated carbocycles. The van der Waals surface area contributed by atoms with E-state index in [2.05, 4.69) is 47.2 Å². The zero-order valence-corrected chi connectivity index (χ0v) is 13.7. The number of benzene rings is 1. The summed E-state index contributed by atoms with van der Waals surface area (Å²) in [6.07, 6.45) is 2.97. The highest BCUT2D eigenvalue weighted by Crippen LogP contribution is 2.49. The van der Waals surface area contributed by atoms with Gasteiger partial charge in [0.1, 0.15) is 0 Å². The maximum Gasteiger partial charge on any atom is 0.236 e. The monoisotopic (exact) mass is 338 g/mol. The van der Waals surface area contributed by atoms with Crippen molar-refractivity contribution >= 4 is 21.8 Å². The maximum atomic E-state index is 12.0. The number of carbonyl (C=O) groups is 1. The van der Waals surface area contributed by atoms with Gasteiger partial charge in [0.15, 0.2) is 0 Å². The maximum absolute atomic E-state index is 12.0. The minimum Gasteiger partial charge on any atom is -0.354 e. The van der Waals surface area contributed by atoms with Crippen LogP contribution in [-0.4, -0.2) is 18.5 Å². The van der Waals surface area contributed by atoms with E-state index in [1.54, 1.807) is 0 Å². The molecule has 1 atom stereocenters. The molecule has 0 spiro atoms.